The van der Waals surface area contributed by atoms with Crippen molar-refractivity contribution in [3.8, 4) is 0 Å². The van der Waals surface area contributed by atoms with Gasteiger partial charge in [-0.05, 0) is 43.6 Å². The molecule has 0 unspecified atom stereocenters. The molecule has 0 atom stereocenters. The number of ether oxygens (including phenoxy) is 1. The maximum atomic E-state index is 12.4. The number of ketones is 1. The fourth-order valence-corrected chi connectivity index (χ4v) is 3.05. The summed E-state index contributed by atoms with van der Waals surface area (Å²) in [7, 11) is 0. The maximum absolute atomic E-state index is 12.4. The molecule has 0 spiro atoms. The first-order valence-corrected chi connectivity index (χ1v) is 8.33. The van der Waals surface area contributed by atoms with Crippen LogP contribution < -0.4 is 0 Å². The van der Waals surface area contributed by atoms with Crippen LogP contribution in [0, 0.1) is 0 Å². The van der Waals surface area contributed by atoms with E-state index in [2.05, 4.69) is 6.58 Å². The third-order valence-corrected chi connectivity index (χ3v) is 4.43. The second-order valence-electron chi connectivity index (χ2n) is 6.24. The molecule has 2 rings (SSSR count). The fraction of sp³-hybridized carbons (Fsp3) is 0.474. The van der Waals surface area contributed by atoms with Gasteiger partial charge in [0.1, 0.15) is 6.10 Å². The Morgan fingerprint density at radius 2 is 1.72 bits per heavy atom. The number of hydrogen-bond acceptors (Lipinski definition) is 3. The summed E-state index contributed by atoms with van der Waals surface area (Å²) >= 11 is 0. The normalized spacial score (nSPS) is 20.8. The lowest BCUT2D eigenvalue weighted by atomic mass is 9.82. The van der Waals surface area contributed by atoms with E-state index >= 15 is 0 Å². The fourth-order valence-electron chi connectivity index (χ4n) is 3.05. The van der Waals surface area contributed by atoms with Gasteiger partial charge >= 0.3 is 12.1 Å². The van der Waals surface area contributed by atoms with Crippen LogP contribution in [0.1, 0.15) is 60.4 Å². The Morgan fingerprint density at radius 1 is 1.12 bits per heavy atom. The van der Waals surface area contributed by atoms with Gasteiger partial charge in [0.25, 0.3) is 5.78 Å². The smallest absolute Gasteiger partial charge is 0.454 e. The van der Waals surface area contributed by atoms with E-state index in [1.165, 1.54) is 12.1 Å². The standard InChI is InChI=1S/C19H21F3O3/c1-2-3-4-17(23)25-16-11-9-14(10-12-16)13-5-7-15(8-6-13)18(24)19(20,21)22/h2,5-8,14,16H,1,3-4,9-12H2/t14-,16-. The molecule has 25 heavy (non-hydrogen) atoms. The van der Waals surface area contributed by atoms with E-state index < -0.39 is 12.0 Å². The summed E-state index contributed by atoms with van der Waals surface area (Å²) in [5, 5.41) is 0. The molecule has 136 valence electrons. The molecule has 1 aromatic rings. The van der Waals surface area contributed by atoms with Gasteiger partial charge in [-0.15, -0.1) is 6.58 Å². The van der Waals surface area contributed by atoms with E-state index in [0.29, 0.717) is 12.8 Å². The van der Waals surface area contributed by atoms with Crippen molar-refractivity contribution in [2.24, 2.45) is 0 Å². The van der Waals surface area contributed by atoms with Crippen molar-refractivity contribution in [1.29, 1.82) is 0 Å². The maximum Gasteiger partial charge on any atom is 0.454 e. The van der Waals surface area contributed by atoms with E-state index in [1.54, 1.807) is 18.2 Å². The van der Waals surface area contributed by atoms with E-state index in [1.807, 2.05) is 0 Å². The highest BCUT2D eigenvalue weighted by atomic mass is 19.4. The molecule has 0 aliphatic heterocycles. The number of Topliss-reactive ketones (excluding diaryl/α,β-unsaturated/α-hetero) is 1. The van der Waals surface area contributed by atoms with E-state index in [-0.39, 0.29) is 23.6 Å². The highest BCUT2D eigenvalue weighted by molar-refractivity contribution is 6.00. The predicted molar refractivity (Wildman–Crippen MR) is 87.3 cm³/mol. The van der Waals surface area contributed by atoms with Gasteiger partial charge in [-0.1, -0.05) is 30.3 Å². The van der Waals surface area contributed by atoms with Crippen molar-refractivity contribution in [2.75, 3.05) is 0 Å². The van der Waals surface area contributed by atoms with Crippen LogP contribution in [0.25, 0.3) is 0 Å². The lowest BCUT2D eigenvalue weighted by molar-refractivity contribution is -0.150. The van der Waals surface area contributed by atoms with Gasteiger partial charge in [0.15, 0.2) is 0 Å². The number of hydrogen-bond donors (Lipinski definition) is 0. The number of benzene rings is 1. The van der Waals surface area contributed by atoms with Crippen molar-refractivity contribution in [3.63, 3.8) is 0 Å². The second-order valence-corrected chi connectivity index (χ2v) is 6.24. The zero-order valence-corrected chi connectivity index (χ0v) is 13.8. The van der Waals surface area contributed by atoms with Gasteiger partial charge in [0.2, 0.25) is 0 Å². The zero-order valence-electron chi connectivity index (χ0n) is 13.8. The van der Waals surface area contributed by atoms with Gasteiger partial charge in [-0.2, -0.15) is 13.2 Å². The molecule has 0 amide bonds. The molecule has 0 saturated heterocycles. The topological polar surface area (TPSA) is 43.4 Å². The molecule has 1 aliphatic rings. The van der Waals surface area contributed by atoms with E-state index in [9.17, 15) is 22.8 Å². The molecule has 1 fully saturated rings. The Kier molecular flexibility index (Phi) is 6.39. The summed E-state index contributed by atoms with van der Waals surface area (Å²) in [6.45, 7) is 3.56. The SMILES string of the molecule is C=CCCC(=O)O[C@H]1CC[C@H](c2ccc(C(=O)C(F)(F)F)cc2)CC1. The van der Waals surface area contributed by atoms with E-state index in [4.69, 9.17) is 4.74 Å². The van der Waals surface area contributed by atoms with Crippen LogP contribution in [0.3, 0.4) is 0 Å². The number of halogens is 3. The molecule has 1 aromatic carbocycles. The second kappa shape index (κ2) is 8.32. The van der Waals surface area contributed by atoms with Crippen molar-refractivity contribution in [2.45, 2.75) is 56.7 Å². The monoisotopic (exact) mass is 354 g/mol. The Morgan fingerprint density at radius 3 is 2.24 bits per heavy atom. The number of esters is 1. The molecule has 0 radical (unpaired) electrons. The average molecular weight is 354 g/mol. The minimum Gasteiger partial charge on any atom is -0.462 e. The molecule has 3 nitrogen and oxygen atoms in total. The van der Waals surface area contributed by atoms with Crippen LogP contribution >= 0.6 is 0 Å². The Hall–Kier alpha value is -2.11. The molecule has 0 aromatic heterocycles. The third-order valence-electron chi connectivity index (χ3n) is 4.43. The van der Waals surface area contributed by atoms with Gasteiger partial charge in [0, 0.05) is 12.0 Å². The number of carbonyl (C=O) groups excluding carboxylic acids is 2. The van der Waals surface area contributed by atoms with Gasteiger partial charge < -0.3 is 4.74 Å². The molecule has 0 bridgehead atoms. The summed E-state index contributed by atoms with van der Waals surface area (Å²) < 4.78 is 42.7. The predicted octanol–water partition coefficient (Wildman–Crippen LogP) is 4.97. The lowest BCUT2D eigenvalue weighted by Crippen LogP contribution is -2.24. The van der Waals surface area contributed by atoms with Crippen molar-refractivity contribution in [1.82, 2.24) is 0 Å². The highest BCUT2D eigenvalue weighted by Crippen LogP contribution is 2.34. The highest BCUT2D eigenvalue weighted by Gasteiger charge is 2.39. The van der Waals surface area contributed by atoms with Crippen LogP contribution in [-0.2, 0) is 9.53 Å². The van der Waals surface area contributed by atoms with Gasteiger partial charge in [-0.25, -0.2) is 0 Å². The molecule has 1 aliphatic carbocycles. The molecule has 0 heterocycles. The van der Waals surface area contributed by atoms with Crippen LogP contribution in [0.5, 0.6) is 0 Å². The van der Waals surface area contributed by atoms with Crippen LogP contribution in [0.2, 0.25) is 0 Å². The van der Waals surface area contributed by atoms with Crippen LogP contribution in [-0.4, -0.2) is 24.0 Å². The Labute approximate surface area is 144 Å². The molecular weight excluding hydrogens is 333 g/mol. The molecule has 0 N–H and O–H groups in total. The summed E-state index contributed by atoms with van der Waals surface area (Å²) in [5.74, 6) is -1.84. The van der Waals surface area contributed by atoms with E-state index in [0.717, 1.165) is 31.2 Å². The Bertz CT molecular complexity index is 612. The molecule has 6 heteroatoms. The number of allylic oxidation sites excluding steroid dienone is 1. The summed E-state index contributed by atoms with van der Waals surface area (Å²) in [4.78, 5) is 22.8. The minimum atomic E-state index is -4.85. The average Bonchev–Trinajstić information content (AvgIpc) is 2.59. The number of alkyl halides is 3. The Balaban J connectivity index is 1.87. The van der Waals surface area contributed by atoms with Crippen LogP contribution in [0.15, 0.2) is 36.9 Å². The summed E-state index contributed by atoms with van der Waals surface area (Å²) in [6.07, 6.45) is 0.703. The summed E-state index contributed by atoms with van der Waals surface area (Å²) in [6, 6.07) is 5.62. The quantitative estimate of drug-likeness (QED) is 0.412. The zero-order chi connectivity index (χ0) is 18.4. The molecule has 1 saturated carbocycles. The first-order valence-electron chi connectivity index (χ1n) is 8.33. The molecular formula is C19H21F3O3. The first-order chi connectivity index (χ1) is 11.8. The first kappa shape index (κ1) is 19.2. The largest absolute Gasteiger partial charge is 0.462 e. The van der Waals surface area contributed by atoms with Crippen molar-refractivity contribution >= 4 is 11.8 Å². The number of carbonyl (C=O) groups is 2. The van der Waals surface area contributed by atoms with Gasteiger partial charge in [-0.3, -0.25) is 9.59 Å². The van der Waals surface area contributed by atoms with Crippen molar-refractivity contribution in [3.05, 3.63) is 48.0 Å². The minimum absolute atomic E-state index is 0.0976. The van der Waals surface area contributed by atoms with Gasteiger partial charge in [0.05, 0.1) is 0 Å². The van der Waals surface area contributed by atoms with Crippen molar-refractivity contribution < 1.29 is 27.5 Å². The lowest BCUT2D eigenvalue weighted by Gasteiger charge is -2.28. The summed E-state index contributed by atoms with van der Waals surface area (Å²) in [5.41, 5.74) is 0.566. The number of rotatable bonds is 6. The van der Waals surface area contributed by atoms with Crippen LogP contribution in [0.4, 0.5) is 13.2 Å². The third kappa shape index (κ3) is 5.44.